The summed E-state index contributed by atoms with van der Waals surface area (Å²) in [6.07, 6.45) is 6.46. The van der Waals surface area contributed by atoms with Gasteiger partial charge in [-0.1, -0.05) is 0 Å². The van der Waals surface area contributed by atoms with Gasteiger partial charge in [-0.15, -0.1) is 5.10 Å². The maximum Gasteiger partial charge on any atom is 0.183 e. The van der Waals surface area contributed by atoms with Crippen LogP contribution in [0.2, 0.25) is 0 Å². The van der Waals surface area contributed by atoms with Crippen molar-refractivity contribution in [2.45, 2.75) is 12.5 Å². The van der Waals surface area contributed by atoms with Gasteiger partial charge in [-0.25, -0.2) is 9.67 Å². The van der Waals surface area contributed by atoms with E-state index in [0.717, 1.165) is 29.8 Å². The van der Waals surface area contributed by atoms with Crippen LogP contribution in [0.25, 0.3) is 11.0 Å². The Morgan fingerprint density at radius 3 is 2.95 bits per heavy atom. The summed E-state index contributed by atoms with van der Waals surface area (Å²) in [6.45, 7) is 0.947. The highest BCUT2D eigenvalue weighted by Gasteiger charge is 2.24. The molecule has 5 heteroatoms. The van der Waals surface area contributed by atoms with Crippen molar-refractivity contribution in [3.05, 3.63) is 48.4 Å². The molecular weight excluding hydrogens is 238 g/mol. The van der Waals surface area contributed by atoms with Gasteiger partial charge >= 0.3 is 0 Å². The molecule has 0 saturated heterocycles. The van der Waals surface area contributed by atoms with Crippen LogP contribution in [-0.4, -0.2) is 26.3 Å². The molecule has 1 unspecified atom stereocenters. The first-order chi connectivity index (χ1) is 9.43. The molecule has 19 heavy (non-hydrogen) atoms. The van der Waals surface area contributed by atoms with Gasteiger partial charge in [0.05, 0.1) is 11.4 Å². The first kappa shape index (κ1) is 10.5. The molecule has 3 aromatic heterocycles. The molecule has 4 heterocycles. The van der Waals surface area contributed by atoms with E-state index in [1.165, 1.54) is 5.56 Å². The monoisotopic (exact) mass is 251 g/mol. The highest BCUT2D eigenvalue weighted by molar-refractivity contribution is 5.87. The van der Waals surface area contributed by atoms with Crippen molar-refractivity contribution in [2.24, 2.45) is 0 Å². The quantitative estimate of drug-likeness (QED) is 0.720. The summed E-state index contributed by atoms with van der Waals surface area (Å²) in [6, 6.07) is 8.37. The van der Waals surface area contributed by atoms with Crippen LogP contribution in [0, 0.1) is 0 Å². The zero-order chi connectivity index (χ0) is 12.7. The van der Waals surface area contributed by atoms with Crippen LogP contribution in [0.15, 0.2) is 42.9 Å². The predicted molar refractivity (Wildman–Crippen MR) is 73.0 cm³/mol. The number of pyridine rings is 2. The van der Waals surface area contributed by atoms with E-state index < -0.39 is 0 Å². The van der Waals surface area contributed by atoms with Gasteiger partial charge in [0.1, 0.15) is 5.82 Å². The molecule has 0 bridgehead atoms. The minimum absolute atomic E-state index is 0.258. The number of anilines is 1. The number of hydrogen-bond acceptors (Lipinski definition) is 4. The van der Waals surface area contributed by atoms with Gasteiger partial charge in [-0.2, -0.15) is 0 Å². The summed E-state index contributed by atoms with van der Waals surface area (Å²) < 4.78 is 2.05. The van der Waals surface area contributed by atoms with Gasteiger partial charge in [-0.3, -0.25) is 4.98 Å². The Balaban J connectivity index is 1.91. The number of nitrogens with one attached hydrogen (secondary N) is 1. The van der Waals surface area contributed by atoms with Crippen LogP contribution in [-0.2, 0) is 0 Å². The molecule has 1 aliphatic heterocycles. The Bertz CT molecular complexity index is 719. The first-order valence-corrected chi connectivity index (χ1v) is 6.40. The van der Waals surface area contributed by atoms with Crippen LogP contribution < -0.4 is 5.32 Å². The highest BCUT2D eigenvalue weighted by Crippen LogP contribution is 2.33. The fourth-order valence-electron chi connectivity index (χ4n) is 2.68. The van der Waals surface area contributed by atoms with E-state index >= 15 is 0 Å². The van der Waals surface area contributed by atoms with Gasteiger partial charge in [0.15, 0.2) is 5.65 Å². The molecule has 94 valence electrons. The lowest BCUT2D eigenvalue weighted by Crippen LogP contribution is -2.24. The normalized spacial score (nSPS) is 18.0. The summed E-state index contributed by atoms with van der Waals surface area (Å²) in [4.78, 5) is 8.41. The summed E-state index contributed by atoms with van der Waals surface area (Å²) in [5.74, 6) is 1.07. The summed E-state index contributed by atoms with van der Waals surface area (Å²) in [5, 5.41) is 9.15. The number of rotatable bonds is 1. The third-order valence-electron chi connectivity index (χ3n) is 3.57. The lowest BCUT2D eigenvalue weighted by molar-refractivity contribution is 0.484. The third-order valence-corrected chi connectivity index (χ3v) is 3.57. The minimum atomic E-state index is 0.258. The van der Waals surface area contributed by atoms with Crippen molar-refractivity contribution in [3.8, 4) is 0 Å². The standard InChI is InChI=1S/C14H13N5/c1-2-11-13(16-6-1)18-19-12(5-9-17-14(11)19)10-3-7-15-8-4-10/h1-4,6-8,12,17H,5,9H2. The first-order valence-electron chi connectivity index (χ1n) is 6.40. The van der Waals surface area contributed by atoms with Crippen molar-refractivity contribution >= 4 is 16.9 Å². The summed E-state index contributed by atoms with van der Waals surface area (Å²) in [5.41, 5.74) is 2.04. The summed E-state index contributed by atoms with van der Waals surface area (Å²) in [7, 11) is 0. The van der Waals surface area contributed by atoms with Gasteiger partial charge in [-0.05, 0) is 36.2 Å². The Hall–Kier alpha value is -2.43. The van der Waals surface area contributed by atoms with E-state index in [2.05, 4.69) is 43.3 Å². The molecule has 1 aliphatic rings. The molecule has 1 atom stereocenters. The SMILES string of the molecule is c1cnc2nn3c(c2c1)NCCC3c1ccncc1. The number of aromatic nitrogens is 4. The molecule has 0 saturated carbocycles. The van der Waals surface area contributed by atoms with Crippen molar-refractivity contribution in [1.82, 2.24) is 19.7 Å². The van der Waals surface area contributed by atoms with Crippen molar-refractivity contribution in [2.75, 3.05) is 11.9 Å². The zero-order valence-corrected chi connectivity index (χ0v) is 10.3. The molecule has 0 amide bonds. The molecule has 4 rings (SSSR count). The van der Waals surface area contributed by atoms with Crippen molar-refractivity contribution in [1.29, 1.82) is 0 Å². The molecule has 0 aliphatic carbocycles. The minimum Gasteiger partial charge on any atom is -0.370 e. The van der Waals surface area contributed by atoms with E-state index in [1.807, 2.05) is 18.5 Å². The molecule has 0 radical (unpaired) electrons. The van der Waals surface area contributed by atoms with Gasteiger partial charge in [0.25, 0.3) is 0 Å². The van der Waals surface area contributed by atoms with E-state index in [1.54, 1.807) is 6.20 Å². The number of fused-ring (bicyclic) bond motifs is 3. The van der Waals surface area contributed by atoms with E-state index in [4.69, 9.17) is 0 Å². The lowest BCUT2D eigenvalue weighted by Gasteiger charge is -2.25. The maximum atomic E-state index is 4.63. The fraction of sp³-hybridized carbons (Fsp3) is 0.214. The predicted octanol–water partition coefficient (Wildman–Crippen LogP) is 2.23. The molecule has 0 aromatic carbocycles. The second-order valence-electron chi connectivity index (χ2n) is 4.68. The topological polar surface area (TPSA) is 55.6 Å². The lowest BCUT2D eigenvalue weighted by atomic mass is 10.0. The molecule has 3 aromatic rings. The fourth-order valence-corrected chi connectivity index (χ4v) is 2.68. The number of hydrogen-bond donors (Lipinski definition) is 1. The average molecular weight is 251 g/mol. The molecule has 5 nitrogen and oxygen atoms in total. The van der Waals surface area contributed by atoms with Crippen LogP contribution in [0.4, 0.5) is 5.82 Å². The molecule has 1 N–H and O–H groups in total. The van der Waals surface area contributed by atoms with Crippen LogP contribution in [0.5, 0.6) is 0 Å². The van der Waals surface area contributed by atoms with E-state index in [-0.39, 0.29) is 6.04 Å². The maximum absolute atomic E-state index is 4.63. The van der Waals surface area contributed by atoms with Gasteiger partial charge in [0.2, 0.25) is 0 Å². The van der Waals surface area contributed by atoms with Crippen molar-refractivity contribution in [3.63, 3.8) is 0 Å². The number of nitrogens with zero attached hydrogens (tertiary/aromatic N) is 4. The Labute approximate surface area is 110 Å². The largest absolute Gasteiger partial charge is 0.370 e. The molecular formula is C14H13N5. The van der Waals surface area contributed by atoms with Crippen LogP contribution >= 0.6 is 0 Å². The smallest absolute Gasteiger partial charge is 0.183 e. The van der Waals surface area contributed by atoms with E-state index in [9.17, 15) is 0 Å². The zero-order valence-electron chi connectivity index (χ0n) is 10.3. The van der Waals surface area contributed by atoms with Gasteiger partial charge < -0.3 is 5.32 Å². The Morgan fingerprint density at radius 2 is 2.05 bits per heavy atom. The van der Waals surface area contributed by atoms with Crippen molar-refractivity contribution < 1.29 is 0 Å². The second kappa shape index (κ2) is 4.05. The van der Waals surface area contributed by atoms with E-state index in [0.29, 0.717) is 0 Å². The van der Waals surface area contributed by atoms with Gasteiger partial charge in [0, 0.05) is 25.1 Å². The third kappa shape index (κ3) is 1.58. The van der Waals surface area contributed by atoms with Crippen LogP contribution in [0.1, 0.15) is 18.0 Å². The Kier molecular flexibility index (Phi) is 2.24. The van der Waals surface area contributed by atoms with Crippen LogP contribution in [0.3, 0.4) is 0 Å². The Morgan fingerprint density at radius 1 is 1.16 bits per heavy atom. The average Bonchev–Trinajstić information content (AvgIpc) is 2.87. The summed E-state index contributed by atoms with van der Waals surface area (Å²) >= 11 is 0. The highest BCUT2D eigenvalue weighted by atomic mass is 15.4. The molecule has 0 fully saturated rings. The molecule has 0 spiro atoms. The second-order valence-corrected chi connectivity index (χ2v) is 4.68.